The molecule has 654 valence electrons. The maximum Gasteiger partial charge on any atom is 0.270 e. The molecular formula is C114H126Cl4N4O2S2. The Kier molecular flexibility index (Phi) is 34.0. The van der Waals surface area contributed by atoms with Crippen LogP contribution in [0.1, 0.15) is 391 Å². The van der Waals surface area contributed by atoms with Crippen LogP contribution in [-0.2, 0) is 62.2 Å². The predicted octanol–water partition coefficient (Wildman–Crippen LogP) is 35.0. The van der Waals surface area contributed by atoms with Crippen LogP contribution >= 0.6 is 69.1 Å². The highest BCUT2D eigenvalue weighted by molar-refractivity contribution is 7.17. The fourth-order valence-electron chi connectivity index (χ4n) is 20.5. The van der Waals surface area contributed by atoms with Gasteiger partial charge in [0.05, 0.1) is 56.2 Å². The lowest BCUT2D eigenvalue weighted by atomic mass is 9.64. The smallest absolute Gasteiger partial charge is 0.270 e. The molecule has 0 amide bonds. The van der Waals surface area contributed by atoms with Crippen molar-refractivity contribution in [2.75, 3.05) is 0 Å². The molecule has 0 N–H and O–H groups in total. The molecule has 6 nitrogen and oxygen atoms in total. The number of unbranched alkanes of at least 4 members (excludes halogenated alkanes) is 24. The molecule has 12 heteroatoms. The van der Waals surface area contributed by atoms with E-state index in [4.69, 9.17) is 59.5 Å². The number of rotatable bonds is 46. The third-order valence-corrected chi connectivity index (χ3v) is 30.6. The zero-order valence-corrected chi connectivity index (χ0v) is 80.6. The molecule has 0 saturated carbocycles. The Morgan fingerprint density at radius 2 is 0.540 bits per heavy atom. The number of carbonyl (C=O) groups is 2. The molecule has 2 aromatic heterocycles. The number of nitrogens with zero attached hydrogens (tertiary/aromatic N) is 4. The first-order chi connectivity index (χ1) is 61.4. The van der Waals surface area contributed by atoms with Crippen LogP contribution < -0.4 is 0 Å². The zero-order valence-electron chi connectivity index (χ0n) is 75.9. The summed E-state index contributed by atoms with van der Waals surface area (Å²) in [5.74, 6) is -0.638. The van der Waals surface area contributed by atoms with E-state index in [2.05, 4.69) is 174 Å². The second-order valence-corrected chi connectivity index (χ2v) is 40.0. The lowest BCUT2D eigenvalue weighted by Gasteiger charge is -2.37. The van der Waals surface area contributed by atoms with Crippen molar-refractivity contribution in [3.05, 3.63) is 308 Å². The van der Waals surface area contributed by atoms with E-state index in [1.165, 1.54) is 77.9 Å². The minimum Gasteiger partial charge on any atom is -0.289 e. The van der Waals surface area contributed by atoms with Crippen LogP contribution in [0.4, 0.5) is 0 Å². The first-order valence-electron chi connectivity index (χ1n) is 48.0. The van der Waals surface area contributed by atoms with Gasteiger partial charge >= 0.3 is 0 Å². The van der Waals surface area contributed by atoms with Crippen LogP contribution in [0.5, 0.6) is 0 Å². The number of nitriles is 2. The Hall–Kier alpha value is -8.64. The van der Waals surface area contributed by atoms with E-state index in [-0.39, 0.29) is 65.3 Å². The van der Waals surface area contributed by atoms with Gasteiger partial charge in [0, 0.05) is 52.9 Å². The highest BCUT2D eigenvalue weighted by Gasteiger charge is 2.54. The van der Waals surface area contributed by atoms with Gasteiger partial charge in [-0.2, -0.15) is 0 Å². The van der Waals surface area contributed by atoms with E-state index in [0.29, 0.717) is 22.3 Å². The second-order valence-electron chi connectivity index (χ2n) is 36.2. The molecule has 0 fully saturated rings. The summed E-state index contributed by atoms with van der Waals surface area (Å²) in [7, 11) is 0. The van der Waals surface area contributed by atoms with Crippen LogP contribution in [0.15, 0.2) is 144 Å². The van der Waals surface area contributed by atoms with Gasteiger partial charge in [0.2, 0.25) is 0 Å². The lowest BCUT2D eigenvalue weighted by Crippen LogP contribution is -2.31. The minimum absolute atomic E-state index is 0.191. The number of Topliss-reactive ketones (excluding diaryl/α,β-unsaturated/α-hetero) is 2. The molecule has 0 bridgehead atoms. The first kappa shape index (κ1) is 95.0. The maximum atomic E-state index is 15.6. The van der Waals surface area contributed by atoms with Gasteiger partial charge in [-0.05, 0) is 275 Å². The molecular weight excluding hydrogens is 1660 g/mol. The highest BCUT2D eigenvalue weighted by Crippen LogP contribution is 2.66. The summed E-state index contributed by atoms with van der Waals surface area (Å²) >= 11 is 30.9. The number of ketones is 2. The zero-order chi connectivity index (χ0) is 89.0. The van der Waals surface area contributed by atoms with Crippen LogP contribution in [0, 0.1) is 35.8 Å². The molecule has 4 aliphatic carbocycles. The number of hydrogen-bond donors (Lipinski definition) is 0. The van der Waals surface area contributed by atoms with Crippen molar-refractivity contribution in [3.8, 4) is 33.0 Å². The van der Waals surface area contributed by atoms with Crippen LogP contribution in [0.25, 0.3) is 53.9 Å². The van der Waals surface area contributed by atoms with Gasteiger partial charge in [-0.15, -0.1) is 22.7 Å². The minimum atomic E-state index is -1.00. The van der Waals surface area contributed by atoms with Crippen molar-refractivity contribution in [1.82, 2.24) is 0 Å². The van der Waals surface area contributed by atoms with Crippen molar-refractivity contribution < 1.29 is 9.59 Å². The number of allylic oxidation sites excluding steroid dienone is 6. The Balaban J connectivity index is 1.24. The topological polar surface area (TPSA) is 90.4 Å². The Labute approximate surface area is 781 Å². The molecule has 126 heavy (non-hydrogen) atoms. The van der Waals surface area contributed by atoms with E-state index in [1.54, 1.807) is 46.9 Å². The summed E-state index contributed by atoms with van der Waals surface area (Å²) in [5.41, 5.74) is 22.5. The maximum absolute atomic E-state index is 15.6. The average Bonchev–Trinajstić information content (AvgIpc) is 1.50. The standard InChI is InChI=1S/C114H126Cl4N4O2S2/c1-11-19-27-35-43-75-51-76(44-36-28-20-12-2)56-83(55-75)113(84-57-77(45-37-29-21-13-3)52-78(58-84)46-38-30-22-14-4)97-67-94-98(68-93(97)111-99(113)65-87(125-111)63-95-107(105(73-119)121-9)89-69-101(115)103(117)71-91(89)109(95)123)114(85-59-79(47-39-31-23-15-5)53-80(60-85)48-40-32-24-16-6,86-61-81(49-41-33-25-17-7)54-82(62-86)50-42-34-26-18-8)100-66-88(126-112(94)100)64-96-108(106(74-120)122-10)90-70-102(116)104(118)72-92(90)110(96)124/h51-72H,11-50H2,1-8H3/b95-63-,96-64-,107-105-,108-106+. The van der Waals surface area contributed by atoms with Crippen LogP contribution in [0.2, 0.25) is 20.1 Å². The molecule has 0 aliphatic heterocycles. The molecule has 9 aromatic rings. The molecule has 0 saturated heterocycles. The Morgan fingerprint density at radius 1 is 0.310 bits per heavy atom. The van der Waals surface area contributed by atoms with E-state index in [9.17, 15) is 10.5 Å². The van der Waals surface area contributed by atoms with E-state index in [0.717, 1.165) is 299 Å². The number of benzene rings is 7. The van der Waals surface area contributed by atoms with Crippen LogP contribution in [-0.4, -0.2) is 11.6 Å². The van der Waals surface area contributed by atoms with Crippen molar-refractivity contribution in [2.45, 2.75) is 323 Å². The Morgan fingerprint density at radius 3 is 0.754 bits per heavy atom. The second kappa shape index (κ2) is 45.1. The Bertz CT molecular complexity index is 5160. The molecule has 0 atom stereocenters. The van der Waals surface area contributed by atoms with Gasteiger partial charge in [-0.25, -0.2) is 20.2 Å². The molecule has 7 aromatic carbocycles. The fraction of sp³-hybridized carbons (Fsp3) is 0.439. The van der Waals surface area contributed by atoms with Gasteiger partial charge in [0.15, 0.2) is 11.6 Å². The summed E-state index contributed by atoms with van der Waals surface area (Å²) in [4.78, 5) is 42.8. The number of halogens is 4. The van der Waals surface area contributed by atoms with E-state index < -0.39 is 10.8 Å². The summed E-state index contributed by atoms with van der Waals surface area (Å²) < 4.78 is 0. The molecule has 0 unspecified atom stereocenters. The fourth-order valence-corrected chi connectivity index (χ4v) is 23.6. The van der Waals surface area contributed by atoms with Crippen molar-refractivity contribution in [3.63, 3.8) is 0 Å². The van der Waals surface area contributed by atoms with Gasteiger partial charge in [0.25, 0.3) is 11.4 Å². The highest BCUT2D eigenvalue weighted by atomic mass is 35.5. The van der Waals surface area contributed by atoms with Crippen molar-refractivity contribution >= 4 is 104 Å². The first-order valence-corrected chi connectivity index (χ1v) is 51.2. The predicted molar refractivity (Wildman–Crippen MR) is 535 cm³/mol. The number of fused-ring (bicyclic) bond motifs is 8. The quantitative estimate of drug-likeness (QED) is 0.0165. The molecule has 4 aliphatic rings. The third kappa shape index (κ3) is 20.5. The van der Waals surface area contributed by atoms with Gasteiger partial charge in [-0.3, -0.25) is 9.59 Å². The number of aryl methyl sites for hydroxylation is 8. The van der Waals surface area contributed by atoms with Crippen LogP contribution in [0.3, 0.4) is 0 Å². The normalized spacial score (nSPS) is 15.2. The average molecular weight is 1790 g/mol. The van der Waals surface area contributed by atoms with E-state index in [1.807, 2.05) is 12.2 Å². The monoisotopic (exact) mass is 1790 g/mol. The largest absolute Gasteiger partial charge is 0.289 e. The number of thiophene rings is 2. The summed E-state index contributed by atoms with van der Waals surface area (Å²) in [6, 6.07) is 51.8. The molecule has 2 heterocycles. The van der Waals surface area contributed by atoms with Gasteiger partial charge in [0.1, 0.15) is 0 Å². The molecule has 0 radical (unpaired) electrons. The number of carbonyl (C=O) groups excluding carboxylic acids is 2. The SMILES string of the molecule is [C-]#[N+]/C(C#N)=C1\C(=C\c2cc3c(s2)-c2cc4c(cc2C3(c2cc(CCCCCC)cc(CCCCCC)c2)c2cc(CCCCCC)cc(CCCCCC)c2)-c2sc(/C=C3\C(=O)c5cc(Cl)c(Cl)cc5\C3=C(\C#N)[N+]#[C-])cc2C4(c2cc(CCCCCC)cc(CCCCCC)c2)c2cc(CCCCCC)cc(CCCCCC)c2)C(=O)c2cc(Cl)c(Cl)cc21. The van der Waals surface area contributed by atoms with E-state index >= 15 is 9.59 Å². The van der Waals surface area contributed by atoms with Gasteiger partial charge < -0.3 is 0 Å². The third-order valence-electron chi connectivity index (χ3n) is 26.9. The number of hydrogen-bond acceptors (Lipinski definition) is 6. The molecule has 0 spiro atoms. The summed E-state index contributed by atoms with van der Waals surface area (Å²) in [5, 5.41) is 22.9. The lowest BCUT2D eigenvalue weighted by molar-refractivity contribution is 0.103. The summed E-state index contributed by atoms with van der Waals surface area (Å²) in [6.07, 6.45) is 47.3. The summed E-state index contributed by atoms with van der Waals surface area (Å²) in [6.45, 7) is 35.5. The molecule has 13 rings (SSSR count). The van der Waals surface area contributed by atoms with Crippen molar-refractivity contribution in [1.29, 1.82) is 10.5 Å². The van der Waals surface area contributed by atoms with Gasteiger partial charge in [-0.1, -0.05) is 329 Å². The van der Waals surface area contributed by atoms with Crippen molar-refractivity contribution in [2.24, 2.45) is 0 Å².